The maximum atomic E-state index is 11.0. The minimum absolute atomic E-state index is 0.424. The zero-order valence-electron chi connectivity index (χ0n) is 10.8. The molecule has 1 aromatic rings. The number of carbonyl (C=O) groups excluding carboxylic acids is 1. The SMILES string of the molecule is O=Cc1cccc(C23CC4CC(CC(C4)C2)C3)c1. The van der Waals surface area contributed by atoms with E-state index in [-0.39, 0.29) is 0 Å². The molecular formula is C17H20O. The van der Waals surface area contributed by atoms with E-state index in [4.69, 9.17) is 0 Å². The average molecular weight is 240 g/mol. The van der Waals surface area contributed by atoms with E-state index in [2.05, 4.69) is 18.2 Å². The Hall–Kier alpha value is -1.11. The monoisotopic (exact) mass is 240 g/mol. The summed E-state index contributed by atoms with van der Waals surface area (Å²) in [5.74, 6) is 2.91. The van der Waals surface area contributed by atoms with Crippen LogP contribution in [0, 0.1) is 17.8 Å². The molecule has 4 saturated carbocycles. The predicted octanol–water partition coefficient (Wildman–Crippen LogP) is 3.97. The highest BCUT2D eigenvalue weighted by Crippen LogP contribution is 2.60. The van der Waals surface area contributed by atoms with Crippen LogP contribution < -0.4 is 0 Å². The molecule has 0 atom stereocenters. The largest absolute Gasteiger partial charge is 0.298 e. The van der Waals surface area contributed by atoms with Gasteiger partial charge in [0.25, 0.3) is 0 Å². The first-order valence-electron chi connectivity index (χ1n) is 7.33. The summed E-state index contributed by atoms with van der Waals surface area (Å²) >= 11 is 0. The van der Waals surface area contributed by atoms with Gasteiger partial charge < -0.3 is 0 Å². The number of aldehydes is 1. The summed E-state index contributed by atoms with van der Waals surface area (Å²) in [6.45, 7) is 0. The van der Waals surface area contributed by atoms with Crippen LogP contribution in [0.15, 0.2) is 24.3 Å². The van der Waals surface area contributed by atoms with Crippen molar-refractivity contribution in [1.82, 2.24) is 0 Å². The van der Waals surface area contributed by atoms with Crippen LogP contribution in [0.1, 0.15) is 54.4 Å². The Morgan fingerprint density at radius 1 is 1.00 bits per heavy atom. The molecule has 0 amide bonds. The van der Waals surface area contributed by atoms with Crippen molar-refractivity contribution in [2.75, 3.05) is 0 Å². The molecule has 18 heavy (non-hydrogen) atoms. The number of hydrogen-bond donors (Lipinski definition) is 0. The molecule has 0 aliphatic heterocycles. The van der Waals surface area contributed by atoms with Gasteiger partial charge in [-0.2, -0.15) is 0 Å². The second-order valence-electron chi connectivity index (χ2n) is 6.94. The van der Waals surface area contributed by atoms with Crippen molar-refractivity contribution < 1.29 is 4.79 Å². The van der Waals surface area contributed by atoms with E-state index in [0.717, 1.165) is 29.6 Å². The van der Waals surface area contributed by atoms with Gasteiger partial charge in [-0.3, -0.25) is 4.79 Å². The zero-order valence-corrected chi connectivity index (χ0v) is 10.8. The standard InChI is InChI=1S/C17H20O/c18-11-12-2-1-3-16(7-12)17-8-13-4-14(9-17)6-15(5-13)10-17/h1-3,7,11,13-15H,4-6,8-10H2. The molecule has 4 aliphatic carbocycles. The Balaban J connectivity index is 1.76. The molecule has 0 heterocycles. The van der Waals surface area contributed by atoms with Crippen molar-refractivity contribution in [3.05, 3.63) is 35.4 Å². The molecule has 5 rings (SSSR count). The van der Waals surface area contributed by atoms with Crippen LogP contribution in [0.25, 0.3) is 0 Å². The van der Waals surface area contributed by atoms with Crippen LogP contribution in [0.2, 0.25) is 0 Å². The molecule has 4 bridgehead atoms. The molecule has 1 heteroatoms. The molecule has 0 saturated heterocycles. The van der Waals surface area contributed by atoms with E-state index in [0.29, 0.717) is 5.41 Å². The first kappa shape index (κ1) is 10.8. The van der Waals surface area contributed by atoms with Gasteiger partial charge >= 0.3 is 0 Å². The Kier molecular flexibility index (Phi) is 2.21. The average Bonchev–Trinajstić information content (AvgIpc) is 2.37. The third kappa shape index (κ3) is 1.49. The summed E-state index contributed by atoms with van der Waals surface area (Å²) in [5, 5.41) is 0. The fourth-order valence-electron chi connectivity index (χ4n) is 5.41. The molecule has 4 aliphatic rings. The molecule has 4 fully saturated rings. The first-order valence-corrected chi connectivity index (χ1v) is 7.33. The van der Waals surface area contributed by atoms with E-state index in [1.807, 2.05) is 6.07 Å². The summed E-state index contributed by atoms with van der Waals surface area (Å²) in [7, 11) is 0. The molecule has 0 unspecified atom stereocenters. The van der Waals surface area contributed by atoms with Gasteiger partial charge in [0.15, 0.2) is 0 Å². The summed E-state index contributed by atoms with van der Waals surface area (Å²) < 4.78 is 0. The van der Waals surface area contributed by atoms with E-state index in [9.17, 15) is 4.79 Å². The van der Waals surface area contributed by atoms with Crippen LogP contribution in [0.4, 0.5) is 0 Å². The highest BCUT2D eigenvalue weighted by atomic mass is 16.1. The lowest BCUT2D eigenvalue weighted by Gasteiger charge is -2.57. The Morgan fingerprint density at radius 3 is 2.17 bits per heavy atom. The fourth-order valence-corrected chi connectivity index (χ4v) is 5.41. The van der Waals surface area contributed by atoms with Gasteiger partial charge in [0.2, 0.25) is 0 Å². The topological polar surface area (TPSA) is 17.1 Å². The van der Waals surface area contributed by atoms with Crippen LogP contribution in [-0.2, 0) is 5.41 Å². The normalized spacial score (nSPS) is 41.0. The number of rotatable bonds is 2. The molecule has 1 aromatic carbocycles. The van der Waals surface area contributed by atoms with Crippen LogP contribution in [0.5, 0.6) is 0 Å². The molecule has 1 nitrogen and oxygen atoms in total. The van der Waals surface area contributed by atoms with Gasteiger partial charge in [0, 0.05) is 5.56 Å². The van der Waals surface area contributed by atoms with Crippen molar-refractivity contribution in [3.8, 4) is 0 Å². The van der Waals surface area contributed by atoms with Crippen molar-refractivity contribution in [1.29, 1.82) is 0 Å². The molecule has 0 N–H and O–H groups in total. The number of carbonyl (C=O) groups is 1. The second-order valence-corrected chi connectivity index (χ2v) is 6.94. The van der Waals surface area contributed by atoms with Gasteiger partial charge in [0.1, 0.15) is 6.29 Å². The van der Waals surface area contributed by atoms with Gasteiger partial charge in [0.05, 0.1) is 0 Å². The molecule has 0 aromatic heterocycles. The molecule has 0 spiro atoms. The van der Waals surface area contributed by atoms with Crippen LogP contribution in [0.3, 0.4) is 0 Å². The molecular weight excluding hydrogens is 220 g/mol. The predicted molar refractivity (Wildman–Crippen MR) is 71.7 cm³/mol. The highest BCUT2D eigenvalue weighted by molar-refractivity contribution is 5.75. The minimum Gasteiger partial charge on any atom is -0.298 e. The minimum atomic E-state index is 0.424. The summed E-state index contributed by atoms with van der Waals surface area (Å²) in [5.41, 5.74) is 2.72. The van der Waals surface area contributed by atoms with Crippen LogP contribution >= 0.6 is 0 Å². The summed E-state index contributed by atoms with van der Waals surface area (Å²) in [6, 6.07) is 8.41. The second kappa shape index (κ2) is 3.69. The van der Waals surface area contributed by atoms with E-state index in [1.54, 1.807) is 0 Å². The van der Waals surface area contributed by atoms with Crippen LogP contribution in [-0.4, -0.2) is 6.29 Å². The highest BCUT2D eigenvalue weighted by Gasteiger charge is 2.51. The lowest BCUT2D eigenvalue weighted by Crippen LogP contribution is -2.48. The van der Waals surface area contributed by atoms with Crippen molar-refractivity contribution in [3.63, 3.8) is 0 Å². The number of benzene rings is 1. The summed E-state index contributed by atoms with van der Waals surface area (Å²) in [6.07, 6.45) is 9.56. The molecule has 0 radical (unpaired) electrons. The van der Waals surface area contributed by atoms with Gasteiger partial charge in [-0.25, -0.2) is 0 Å². The maximum absolute atomic E-state index is 11.0. The van der Waals surface area contributed by atoms with Crippen molar-refractivity contribution >= 4 is 6.29 Å². The third-order valence-corrected chi connectivity index (χ3v) is 5.67. The van der Waals surface area contributed by atoms with E-state index < -0.39 is 0 Å². The van der Waals surface area contributed by atoms with Crippen molar-refractivity contribution in [2.45, 2.75) is 43.9 Å². The lowest BCUT2D eigenvalue weighted by molar-refractivity contribution is -0.00519. The van der Waals surface area contributed by atoms with Crippen molar-refractivity contribution in [2.24, 2.45) is 17.8 Å². The fraction of sp³-hybridized carbons (Fsp3) is 0.588. The number of hydrogen-bond acceptors (Lipinski definition) is 1. The van der Waals surface area contributed by atoms with E-state index >= 15 is 0 Å². The third-order valence-electron chi connectivity index (χ3n) is 5.67. The maximum Gasteiger partial charge on any atom is 0.150 e. The Morgan fingerprint density at radius 2 is 1.61 bits per heavy atom. The zero-order chi connectivity index (χ0) is 12.2. The Bertz CT molecular complexity index is 453. The van der Waals surface area contributed by atoms with Gasteiger partial charge in [-0.05, 0) is 73.3 Å². The van der Waals surface area contributed by atoms with E-state index in [1.165, 1.54) is 44.1 Å². The van der Waals surface area contributed by atoms with Gasteiger partial charge in [-0.1, -0.05) is 18.2 Å². The Labute approximate surface area is 109 Å². The lowest BCUT2D eigenvalue weighted by atomic mass is 9.48. The summed E-state index contributed by atoms with van der Waals surface area (Å²) in [4.78, 5) is 11.0. The van der Waals surface area contributed by atoms with Gasteiger partial charge in [-0.15, -0.1) is 0 Å². The molecule has 94 valence electrons. The first-order chi connectivity index (χ1) is 8.77. The smallest absolute Gasteiger partial charge is 0.150 e. The quantitative estimate of drug-likeness (QED) is 0.715.